The second-order valence-corrected chi connectivity index (χ2v) is 5.16. The minimum absolute atomic E-state index is 0.899. The molecular formula is C15H29N3. The Kier molecular flexibility index (Phi) is 6.84. The maximum Gasteiger partial charge on any atom is 0.126 e. The minimum Gasteiger partial charge on any atom is -0.384 e. The summed E-state index contributed by atoms with van der Waals surface area (Å²) in [5.41, 5.74) is 7.30. The van der Waals surface area contributed by atoms with Crippen molar-refractivity contribution in [3.63, 3.8) is 0 Å². The molecule has 1 aromatic rings. The van der Waals surface area contributed by atoms with Gasteiger partial charge in [-0.05, 0) is 26.2 Å². The Hall–Kier alpha value is -0.990. The molecule has 3 heteroatoms. The second kappa shape index (κ2) is 8.17. The Balaban J connectivity index is 2.46. The van der Waals surface area contributed by atoms with Gasteiger partial charge >= 0.3 is 0 Å². The van der Waals surface area contributed by atoms with E-state index in [2.05, 4.69) is 30.3 Å². The van der Waals surface area contributed by atoms with Gasteiger partial charge < -0.3 is 10.3 Å². The van der Waals surface area contributed by atoms with Gasteiger partial charge in [-0.2, -0.15) is 0 Å². The summed E-state index contributed by atoms with van der Waals surface area (Å²) in [6.45, 7) is 7.53. The van der Waals surface area contributed by atoms with E-state index in [0.29, 0.717) is 0 Å². The molecule has 0 amide bonds. The van der Waals surface area contributed by atoms with Crippen LogP contribution < -0.4 is 5.73 Å². The van der Waals surface area contributed by atoms with E-state index in [1.165, 1.54) is 44.9 Å². The monoisotopic (exact) mass is 251 g/mol. The van der Waals surface area contributed by atoms with E-state index in [1.807, 2.05) is 0 Å². The molecule has 0 aliphatic carbocycles. The summed E-state index contributed by atoms with van der Waals surface area (Å²) >= 11 is 0. The number of anilines is 1. The Morgan fingerprint density at radius 1 is 1.00 bits per heavy atom. The van der Waals surface area contributed by atoms with Crippen LogP contribution in [0.5, 0.6) is 0 Å². The largest absolute Gasteiger partial charge is 0.384 e. The average molecular weight is 251 g/mol. The minimum atomic E-state index is 0.899. The third-order valence-corrected chi connectivity index (χ3v) is 3.53. The summed E-state index contributed by atoms with van der Waals surface area (Å²) in [6, 6.07) is 0. The van der Waals surface area contributed by atoms with Gasteiger partial charge in [0, 0.05) is 6.54 Å². The van der Waals surface area contributed by atoms with Gasteiger partial charge in [0.05, 0.1) is 5.69 Å². The van der Waals surface area contributed by atoms with E-state index in [-0.39, 0.29) is 0 Å². The first-order valence-electron chi connectivity index (χ1n) is 7.52. The summed E-state index contributed by atoms with van der Waals surface area (Å²) in [4.78, 5) is 4.62. The van der Waals surface area contributed by atoms with Gasteiger partial charge in [0.2, 0.25) is 0 Å². The maximum atomic E-state index is 6.19. The van der Waals surface area contributed by atoms with Crippen molar-refractivity contribution >= 4 is 5.82 Å². The van der Waals surface area contributed by atoms with Gasteiger partial charge in [0.25, 0.3) is 0 Å². The summed E-state index contributed by atoms with van der Waals surface area (Å²) < 4.78 is 2.17. The fourth-order valence-electron chi connectivity index (χ4n) is 2.32. The van der Waals surface area contributed by atoms with Crippen LogP contribution in [0.4, 0.5) is 5.82 Å². The van der Waals surface area contributed by atoms with Crippen molar-refractivity contribution in [2.45, 2.75) is 78.7 Å². The molecule has 0 bridgehead atoms. The molecule has 0 saturated carbocycles. The highest BCUT2D eigenvalue weighted by atomic mass is 15.1. The number of nitrogen functional groups attached to an aromatic ring is 1. The third kappa shape index (κ3) is 4.35. The summed E-state index contributed by atoms with van der Waals surface area (Å²) in [6.07, 6.45) is 9.91. The van der Waals surface area contributed by atoms with E-state index in [1.54, 1.807) is 0 Å². The predicted molar refractivity (Wildman–Crippen MR) is 78.7 cm³/mol. The number of nitrogens with two attached hydrogens (primary N) is 1. The van der Waals surface area contributed by atoms with Gasteiger partial charge in [-0.3, -0.25) is 0 Å². The highest BCUT2D eigenvalue weighted by Gasteiger charge is 2.10. The third-order valence-electron chi connectivity index (χ3n) is 3.53. The lowest BCUT2D eigenvalue weighted by molar-refractivity contribution is 0.621. The lowest BCUT2D eigenvalue weighted by atomic mass is 10.1. The first-order valence-corrected chi connectivity index (χ1v) is 7.52. The van der Waals surface area contributed by atoms with Crippen LogP contribution in [0.2, 0.25) is 0 Å². The number of imidazole rings is 1. The zero-order valence-corrected chi connectivity index (χ0v) is 12.3. The van der Waals surface area contributed by atoms with Gasteiger partial charge in [0.15, 0.2) is 0 Å². The normalized spacial score (nSPS) is 11.1. The quantitative estimate of drug-likeness (QED) is 0.672. The van der Waals surface area contributed by atoms with Crippen LogP contribution in [0.25, 0.3) is 0 Å². The van der Waals surface area contributed by atoms with E-state index < -0.39 is 0 Å². The van der Waals surface area contributed by atoms with Crippen molar-refractivity contribution in [1.29, 1.82) is 0 Å². The SMILES string of the molecule is CCCCCCCc1nc(C)n(CCCC)c1N. The van der Waals surface area contributed by atoms with Crippen LogP contribution in [0.15, 0.2) is 0 Å². The fourth-order valence-corrected chi connectivity index (χ4v) is 2.32. The molecule has 0 radical (unpaired) electrons. The molecule has 3 nitrogen and oxygen atoms in total. The standard InChI is InChI=1S/C15H29N3/c1-4-6-8-9-10-11-14-15(16)18(12-7-5-2)13(3)17-14/h4-12,16H2,1-3H3. The van der Waals surface area contributed by atoms with Crippen molar-refractivity contribution in [2.24, 2.45) is 0 Å². The van der Waals surface area contributed by atoms with Crippen LogP contribution in [0.1, 0.15) is 70.3 Å². The highest BCUT2D eigenvalue weighted by Crippen LogP contribution is 2.18. The average Bonchev–Trinajstić information content (AvgIpc) is 2.62. The molecular weight excluding hydrogens is 222 g/mol. The summed E-state index contributed by atoms with van der Waals surface area (Å²) in [5.74, 6) is 1.97. The van der Waals surface area contributed by atoms with Crippen molar-refractivity contribution in [3.05, 3.63) is 11.5 Å². The molecule has 0 fully saturated rings. The van der Waals surface area contributed by atoms with E-state index in [4.69, 9.17) is 5.73 Å². The Bertz CT molecular complexity index is 342. The second-order valence-electron chi connectivity index (χ2n) is 5.16. The smallest absolute Gasteiger partial charge is 0.126 e. The molecule has 0 atom stereocenters. The van der Waals surface area contributed by atoms with Gasteiger partial charge in [0.1, 0.15) is 11.6 Å². The molecule has 0 aliphatic rings. The number of aromatic nitrogens is 2. The highest BCUT2D eigenvalue weighted by molar-refractivity contribution is 5.38. The van der Waals surface area contributed by atoms with E-state index in [0.717, 1.165) is 30.3 Å². The number of unbranched alkanes of at least 4 members (excludes halogenated alkanes) is 5. The zero-order chi connectivity index (χ0) is 13.4. The van der Waals surface area contributed by atoms with Crippen molar-refractivity contribution in [1.82, 2.24) is 9.55 Å². The molecule has 1 heterocycles. The number of hydrogen-bond acceptors (Lipinski definition) is 2. The van der Waals surface area contributed by atoms with E-state index in [9.17, 15) is 0 Å². The molecule has 18 heavy (non-hydrogen) atoms. The zero-order valence-electron chi connectivity index (χ0n) is 12.3. The molecule has 2 N–H and O–H groups in total. The lowest BCUT2D eigenvalue weighted by Gasteiger charge is -2.06. The number of aryl methyl sites for hydroxylation is 2. The van der Waals surface area contributed by atoms with Gasteiger partial charge in [-0.25, -0.2) is 4.98 Å². The van der Waals surface area contributed by atoms with Crippen LogP contribution in [-0.2, 0) is 13.0 Å². The molecule has 0 aromatic carbocycles. The summed E-state index contributed by atoms with van der Waals surface area (Å²) in [5, 5.41) is 0. The molecule has 1 rings (SSSR count). The Morgan fingerprint density at radius 2 is 1.67 bits per heavy atom. The first-order chi connectivity index (χ1) is 8.70. The van der Waals surface area contributed by atoms with Crippen LogP contribution >= 0.6 is 0 Å². The topological polar surface area (TPSA) is 43.8 Å². The fraction of sp³-hybridized carbons (Fsp3) is 0.800. The van der Waals surface area contributed by atoms with Crippen molar-refractivity contribution in [3.8, 4) is 0 Å². The Morgan fingerprint density at radius 3 is 2.33 bits per heavy atom. The Labute approximate surface area is 112 Å². The first kappa shape index (κ1) is 15.1. The number of hydrogen-bond donors (Lipinski definition) is 1. The molecule has 1 aromatic heterocycles. The molecule has 0 spiro atoms. The lowest BCUT2D eigenvalue weighted by Crippen LogP contribution is -2.05. The van der Waals surface area contributed by atoms with Crippen LogP contribution in [0.3, 0.4) is 0 Å². The van der Waals surface area contributed by atoms with Gasteiger partial charge in [-0.1, -0.05) is 46.0 Å². The number of rotatable bonds is 9. The molecule has 0 aliphatic heterocycles. The van der Waals surface area contributed by atoms with Gasteiger partial charge in [-0.15, -0.1) is 0 Å². The molecule has 0 saturated heterocycles. The van der Waals surface area contributed by atoms with E-state index >= 15 is 0 Å². The van der Waals surface area contributed by atoms with Crippen LogP contribution in [-0.4, -0.2) is 9.55 Å². The number of nitrogens with zero attached hydrogens (tertiary/aromatic N) is 2. The van der Waals surface area contributed by atoms with Crippen LogP contribution in [0, 0.1) is 6.92 Å². The predicted octanol–water partition coefficient (Wildman–Crippen LogP) is 4.09. The van der Waals surface area contributed by atoms with Crippen molar-refractivity contribution in [2.75, 3.05) is 5.73 Å². The maximum absolute atomic E-state index is 6.19. The molecule has 0 unspecified atom stereocenters. The summed E-state index contributed by atoms with van der Waals surface area (Å²) in [7, 11) is 0. The van der Waals surface area contributed by atoms with Crippen molar-refractivity contribution < 1.29 is 0 Å². The molecule has 104 valence electrons.